The van der Waals surface area contributed by atoms with Crippen LogP contribution >= 0.6 is 0 Å². The zero-order valence-corrected chi connectivity index (χ0v) is 15.2. The summed E-state index contributed by atoms with van der Waals surface area (Å²) in [5.41, 5.74) is 5.44. The predicted molar refractivity (Wildman–Crippen MR) is 103 cm³/mol. The number of nitrogens with two attached hydrogens (primary N) is 1. The first-order chi connectivity index (χ1) is 13.4. The summed E-state index contributed by atoms with van der Waals surface area (Å²) < 4.78 is 16.4. The van der Waals surface area contributed by atoms with Gasteiger partial charge in [0.1, 0.15) is 16.5 Å². The van der Waals surface area contributed by atoms with Crippen molar-refractivity contribution >= 4 is 28.5 Å². The van der Waals surface area contributed by atoms with Gasteiger partial charge in [-0.25, -0.2) is 9.18 Å². The maximum atomic E-state index is 14.8. The number of halogens is 1. The molecule has 0 radical (unpaired) electrons. The topological polar surface area (TPSA) is 109 Å². The highest BCUT2D eigenvalue weighted by atomic mass is 19.1. The Morgan fingerprint density at radius 1 is 1.36 bits per heavy atom. The van der Waals surface area contributed by atoms with Crippen LogP contribution in [0, 0.1) is 12.4 Å². The lowest BCUT2D eigenvalue weighted by Gasteiger charge is -2.36. The van der Waals surface area contributed by atoms with Gasteiger partial charge in [0.25, 0.3) is 5.96 Å². The van der Waals surface area contributed by atoms with Gasteiger partial charge in [-0.3, -0.25) is 4.79 Å². The number of carboxylic acids is 1. The van der Waals surface area contributed by atoms with Crippen LogP contribution in [0.15, 0.2) is 28.2 Å². The molecular formula is C18H19FN6O3. The minimum atomic E-state index is -1.34. The number of piperazine rings is 1. The number of pyridine rings is 1. The quantitative estimate of drug-likeness (QED) is 0.354. The molecule has 28 heavy (non-hydrogen) atoms. The second kappa shape index (κ2) is 7.56. The van der Waals surface area contributed by atoms with Gasteiger partial charge in [0.15, 0.2) is 0 Å². The van der Waals surface area contributed by atoms with Crippen molar-refractivity contribution < 1.29 is 14.3 Å². The Hall–Kier alpha value is -3.61. The number of hydrogen-bond donors (Lipinski definition) is 2. The lowest BCUT2D eigenvalue weighted by Crippen LogP contribution is -2.51. The first-order valence-electron chi connectivity index (χ1n) is 8.67. The molecule has 146 valence electrons. The first-order valence-corrected chi connectivity index (χ1v) is 8.67. The van der Waals surface area contributed by atoms with Gasteiger partial charge in [-0.2, -0.15) is 6.57 Å². The smallest absolute Gasteiger partial charge is 0.341 e. The zero-order chi connectivity index (χ0) is 20.4. The van der Waals surface area contributed by atoms with Crippen molar-refractivity contribution in [2.24, 2.45) is 10.8 Å². The van der Waals surface area contributed by atoms with Crippen molar-refractivity contribution in [1.82, 2.24) is 9.47 Å². The molecule has 9 nitrogen and oxygen atoms in total. The van der Waals surface area contributed by atoms with Crippen molar-refractivity contribution in [3.8, 4) is 0 Å². The lowest BCUT2D eigenvalue weighted by atomic mass is 10.1. The summed E-state index contributed by atoms with van der Waals surface area (Å²) in [5.74, 6) is -1.80. The van der Waals surface area contributed by atoms with Crippen molar-refractivity contribution in [1.29, 1.82) is 0 Å². The Labute approximate surface area is 159 Å². The molecule has 0 spiro atoms. The second-order valence-electron chi connectivity index (χ2n) is 6.32. The maximum absolute atomic E-state index is 14.8. The predicted octanol–water partition coefficient (Wildman–Crippen LogP) is 1.13. The molecule has 0 atom stereocenters. The number of aromatic carboxylic acids is 1. The zero-order valence-electron chi connectivity index (χ0n) is 15.2. The van der Waals surface area contributed by atoms with Crippen LogP contribution in [0.4, 0.5) is 10.1 Å². The van der Waals surface area contributed by atoms with Crippen molar-refractivity contribution in [3.63, 3.8) is 0 Å². The van der Waals surface area contributed by atoms with Gasteiger partial charge in [0.2, 0.25) is 5.43 Å². The molecule has 1 aromatic carbocycles. The fourth-order valence-electron chi connectivity index (χ4n) is 3.35. The molecular weight excluding hydrogens is 367 g/mol. The Morgan fingerprint density at radius 3 is 2.61 bits per heavy atom. The first kappa shape index (κ1) is 19.2. The normalized spacial score (nSPS) is 15.0. The van der Waals surface area contributed by atoms with Crippen LogP contribution in [0.1, 0.15) is 17.3 Å². The van der Waals surface area contributed by atoms with E-state index in [1.165, 1.54) is 6.20 Å². The van der Waals surface area contributed by atoms with E-state index in [2.05, 4.69) is 10.1 Å². The number of nitrogens with zero attached hydrogens (tertiary/aromatic N) is 5. The number of rotatable bonds is 3. The highest BCUT2D eigenvalue weighted by Crippen LogP contribution is 2.26. The number of guanidine groups is 1. The highest BCUT2D eigenvalue weighted by Gasteiger charge is 2.23. The van der Waals surface area contributed by atoms with E-state index >= 15 is 0 Å². The minimum absolute atomic E-state index is 0.0371. The molecule has 0 bridgehead atoms. The standard InChI is InChI=1S/C18H19FN6O3/c1-3-23-10-12(17(27)28)16(26)11-8-13(19)15(9-14(11)23)24-4-6-25(7-5-24)18(20)22-21-2/h8-10H,3-7H2,1H3,(H2,20,22)(H,27,28). The second-order valence-corrected chi connectivity index (χ2v) is 6.32. The number of benzene rings is 1. The van der Waals surface area contributed by atoms with Crippen molar-refractivity contribution in [2.45, 2.75) is 13.5 Å². The molecule has 0 amide bonds. The van der Waals surface area contributed by atoms with Crippen LogP contribution in [-0.2, 0) is 6.54 Å². The van der Waals surface area contributed by atoms with Gasteiger partial charge in [-0.15, -0.1) is 4.95 Å². The molecule has 2 aromatic rings. The van der Waals surface area contributed by atoms with E-state index in [4.69, 9.17) is 12.3 Å². The third-order valence-corrected chi connectivity index (χ3v) is 4.82. The molecule has 2 heterocycles. The summed E-state index contributed by atoms with van der Waals surface area (Å²) in [6, 6.07) is 2.68. The summed E-state index contributed by atoms with van der Waals surface area (Å²) in [4.78, 5) is 30.2. The third-order valence-electron chi connectivity index (χ3n) is 4.82. The van der Waals surface area contributed by atoms with E-state index in [0.717, 1.165) is 6.07 Å². The molecule has 0 saturated carbocycles. The van der Waals surface area contributed by atoms with E-state index in [0.29, 0.717) is 43.9 Å². The minimum Gasteiger partial charge on any atom is -0.477 e. The van der Waals surface area contributed by atoms with Crippen LogP contribution in [0.3, 0.4) is 0 Å². The summed E-state index contributed by atoms with van der Waals surface area (Å²) in [6.45, 7) is 10.8. The van der Waals surface area contributed by atoms with Gasteiger partial charge >= 0.3 is 5.97 Å². The largest absolute Gasteiger partial charge is 0.477 e. The Morgan fingerprint density at radius 2 is 2.04 bits per heavy atom. The molecule has 1 aliphatic heterocycles. The molecule has 1 aliphatic rings. The molecule has 0 aliphatic carbocycles. The van der Waals surface area contributed by atoms with Gasteiger partial charge in [0.05, 0.1) is 11.2 Å². The van der Waals surface area contributed by atoms with Gasteiger partial charge in [-0.05, 0) is 19.1 Å². The SMILES string of the molecule is [C-]#[N+]N=C(N)N1CCN(c2cc3c(cc2F)c(=O)c(C(=O)O)cn3CC)CC1. The monoisotopic (exact) mass is 386 g/mol. The third kappa shape index (κ3) is 3.34. The number of hydrogen-bond acceptors (Lipinski definition) is 4. The molecule has 1 aromatic heterocycles. The van der Waals surface area contributed by atoms with Crippen molar-refractivity contribution in [3.05, 3.63) is 51.5 Å². The maximum Gasteiger partial charge on any atom is 0.341 e. The average Bonchev–Trinajstić information content (AvgIpc) is 2.68. The highest BCUT2D eigenvalue weighted by molar-refractivity contribution is 5.93. The fourth-order valence-corrected chi connectivity index (χ4v) is 3.35. The Balaban J connectivity index is 2.00. The Bertz CT molecular complexity index is 1060. The van der Waals surface area contributed by atoms with E-state index in [-0.39, 0.29) is 16.9 Å². The molecule has 3 N–H and O–H groups in total. The van der Waals surface area contributed by atoms with Crippen molar-refractivity contribution in [2.75, 3.05) is 31.1 Å². The van der Waals surface area contributed by atoms with Crippen LogP contribution in [0.2, 0.25) is 0 Å². The van der Waals surface area contributed by atoms with Crippen LogP contribution in [-0.4, -0.2) is 52.7 Å². The summed E-state index contributed by atoms with van der Waals surface area (Å²) in [5, 5.41) is 12.8. The number of aromatic nitrogens is 1. The van der Waals surface area contributed by atoms with Crippen LogP contribution < -0.4 is 16.1 Å². The summed E-state index contributed by atoms with van der Waals surface area (Å²) >= 11 is 0. The van der Waals surface area contributed by atoms with Gasteiger partial charge < -0.3 is 25.2 Å². The molecule has 1 saturated heterocycles. The number of aryl methyl sites for hydroxylation is 1. The number of carbonyl (C=O) groups is 1. The fraction of sp³-hybridized carbons (Fsp3) is 0.333. The number of fused-ring (bicyclic) bond motifs is 1. The van der Waals surface area contributed by atoms with E-state index in [1.807, 2.05) is 11.8 Å². The molecule has 0 unspecified atom stereocenters. The molecule has 1 fully saturated rings. The number of anilines is 1. The Kier molecular flexibility index (Phi) is 5.17. The average molecular weight is 386 g/mol. The molecule has 3 rings (SSSR count). The van der Waals surface area contributed by atoms with Gasteiger partial charge in [-0.1, -0.05) is 0 Å². The van der Waals surface area contributed by atoms with E-state index in [9.17, 15) is 19.1 Å². The van der Waals surface area contributed by atoms with E-state index < -0.39 is 17.2 Å². The summed E-state index contributed by atoms with van der Waals surface area (Å²) in [6.07, 6.45) is 1.29. The van der Waals surface area contributed by atoms with Crippen LogP contribution in [0.25, 0.3) is 15.9 Å². The van der Waals surface area contributed by atoms with E-state index in [1.54, 1.807) is 15.5 Å². The van der Waals surface area contributed by atoms with Gasteiger partial charge in [0, 0.05) is 44.3 Å². The summed E-state index contributed by atoms with van der Waals surface area (Å²) in [7, 11) is 0. The number of carboxylic acid groups (broad SMARTS) is 1. The van der Waals surface area contributed by atoms with Crippen LogP contribution in [0.5, 0.6) is 0 Å². The lowest BCUT2D eigenvalue weighted by molar-refractivity contribution is 0.0695. The molecule has 10 heteroatoms.